The second kappa shape index (κ2) is 18.7. The van der Waals surface area contributed by atoms with Gasteiger partial charge in [-0.3, -0.25) is 0 Å². The van der Waals surface area contributed by atoms with E-state index in [1.165, 1.54) is 12.8 Å². The van der Waals surface area contributed by atoms with Crippen molar-refractivity contribution < 1.29 is 52.4 Å². The zero-order valence-electron chi connectivity index (χ0n) is 11.0. The number of carbonyl (C=O) groups excluding carboxylic acids is 1. The first-order valence-electron chi connectivity index (χ1n) is 4.97. The Morgan fingerprint density at radius 2 is 1.41 bits per heavy atom. The SMILES string of the molecule is CCCCCCCCS(=O)(=O)[O-].O=C[O-].[NH4+].[Na+]. The molecule has 0 aliphatic rings. The summed E-state index contributed by atoms with van der Waals surface area (Å²) in [6.07, 6.45) is 5.96. The number of carbonyl (C=O) groups is 1. The predicted octanol–water partition coefficient (Wildman–Crippen LogP) is -2.36. The molecule has 0 atom stereocenters. The predicted molar refractivity (Wildman–Crippen MR) is 60.0 cm³/mol. The van der Waals surface area contributed by atoms with Crippen LogP contribution in [0.1, 0.15) is 45.4 Å². The molecule has 0 aromatic heterocycles. The van der Waals surface area contributed by atoms with Crippen LogP contribution in [-0.4, -0.2) is 25.2 Å². The molecule has 100 valence electrons. The van der Waals surface area contributed by atoms with Crippen molar-refractivity contribution in [2.75, 3.05) is 5.75 Å². The van der Waals surface area contributed by atoms with Crippen molar-refractivity contribution in [1.29, 1.82) is 0 Å². The molecule has 0 amide bonds. The second-order valence-electron chi connectivity index (χ2n) is 3.13. The minimum absolute atomic E-state index is 0. The van der Waals surface area contributed by atoms with Crippen LogP contribution in [0, 0.1) is 0 Å². The molecule has 17 heavy (non-hydrogen) atoms. The van der Waals surface area contributed by atoms with E-state index in [9.17, 15) is 13.0 Å². The van der Waals surface area contributed by atoms with Gasteiger partial charge in [0.1, 0.15) is 0 Å². The molecular weight excluding hydrogens is 257 g/mol. The zero-order valence-corrected chi connectivity index (χ0v) is 13.8. The Kier molecular flexibility index (Phi) is 28.6. The van der Waals surface area contributed by atoms with Crippen LogP contribution < -0.4 is 40.8 Å². The van der Waals surface area contributed by atoms with E-state index in [1.807, 2.05) is 0 Å². The number of quaternary nitrogens is 1. The van der Waals surface area contributed by atoms with Gasteiger partial charge in [0.25, 0.3) is 0 Å². The van der Waals surface area contributed by atoms with Gasteiger partial charge in [-0.1, -0.05) is 39.0 Å². The van der Waals surface area contributed by atoms with Gasteiger partial charge >= 0.3 is 29.6 Å². The maximum atomic E-state index is 10.2. The van der Waals surface area contributed by atoms with Crippen molar-refractivity contribution in [2.24, 2.45) is 0 Å². The van der Waals surface area contributed by atoms with E-state index < -0.39 is 16.6 Å². The Morgan fingerprint density at radius 1 is 1.06 bits per heavy atom. The number of carboxylic acid groups (broad SMARTS) is 1. The Morgan fingerprint density at radius 3 is 1.76 bits per heavy atom. The van der Waals surface area contributed by atoms with Gasteiger partial charge in [-0.15, -0.1) is 0 Å². The third kappa shape index (κ3) is 38.5. The van der Waals surface area contributed by atoms with Crippen LogP contribution in [0.3, 0.4) is 0 Å². The summed E-state index contributed by atoms with van der Waals surface area (Å²) in [5.74, 6) is -0.195. The first kappa shape index (κ1) is 26.0. The number of hydrogen-bond acceptors (Lipinski definition) is 5. The summed E-state index contributed by atoms with van der Waals surface area (Å²) in [5, 5.41) is 8.25. The van der Waals surface area contributed by atoms with Gasteiger partial charge in [-0.2, -0.15) is 0 Å². The Hall–Kier alpha value is 0.340. The molecule has 0 saturated heterocycles. The smallest absolute Gasteiger partial charge is 0.748 e. The van der Waals surface area contributed by atoms with E-state index in [-0.39, 0.29) is 41.5 Å². The first-order valence-corrected chi connectivity index (χ1v) is 6.54. The van der Waals surface area contributed by atoms with Crippen molar-refractivity contribution in [2.45, 2.75) is 45.4 Å². The summed E-state index contributed by atoms with van der Waals surface area (Å²) >= 11 is 0. The van der Waals surface area contributed by atoms with Crippen LogP contribution in [0.4, 0.5) is 0 Å². The zero-order chi connectivity index (χ0) is 12.2. The fourth-order valence-electron chi connectivity index (χ4n) is 1.06. The molecule has 0 fully saturated rings. The fraction of sp³-hybridized carbons (Fsp3) is 0.889. The topological polar surface area (TPSA) is 134 Å². The minimum atomic E-state index is -3.97. The Bertz CT molecular complexity index is 234. The molecule has 0 aliphatic carbocycles. The van der Waals surface area contributed by atoms with Gasteiger partial charge in [0.2, 0.25) is 0 Å². The molecule has 0 aliphatic heterocycles. The summed E-state index contributed by atoms with van der Waals surface area (Å²) in [7, 11) is -3.97. The van der Waals surface area contributed by atoms with Crippen LogP contribution in [-0.2, 0) is 14.9 Å². The van der Waals surface area contributed by atoms with E-state index >= 15 is 0 Å². The van der Waals surface area contributed by atoms with Crippen LogP contribution in [0.15, 0.2) is 0 Å². The molecule has 0 heterocycles. The minimum Gasteiger partial charge on any atom is -0.748 e. The molecule has 0 radical (unpaired) electrons. The molecule has 0 saturated carbocycles. The van der Waals surface area contributed by atoms with Crippen LogP contribution in [0.25, 0.3) is 0 Å². The van der Waals surface area contributed by atoms with Gasteiger partial charge in [0.05, 0.1) is 10.1 Å². The monoisotopic (exact) mass is 279 g/mol. The van der Waals surface area contributed by atoms with Crippen LogP contribution in [0.5, 0.6) is 0 Å². The molecule has 4 N–H and O–H groups in total. The maximum Gasteiger partial charge on any atom is 1.00 e. The van der Waals surface area contributed by atoms with E-state index in [2.05, 4.69) is 6.92 Å². The molecule has 0 aromatic carbocycles. The molecule has 0 bridgehead atoms. The Labute approximate surface area is 126 Å². The quantitative estimate of drug-likeness (QED) is 0.241. The Balaban J connectivity index is -0.000000152. The summed E-state index contributed by atoms with van der Waals surface area (Å²) in [6.45, 7) is 1.63. The summed E-state index contributed by atoms with van der Waals surface area (Å²) < 4.78 is 30.5. The fourth-order valence-corrected chi connectivity index (χ4v) is 1.62. The molecule has 0 unspecified atom stereocenters. The van der Waals surface area contributed by atoms with Gasteiger partial charge in [-0.25, -0.2) is 8.42 Å². The first-order chi connectivity index (χ1) is 6.97. The van der Waals surface area contributed by atoms with Gasteiger partial charge < -0.3 is 20.6 Å². The van der Waals surface area contributed by atoms with Gasteiger partial charge in [0.15, 0.2) is 0 Å². The molecule has 8 heteroatoms. The molecule has 0 spiro atoms. The van der Waals surface area contributed by atoms with Crippen molar-refractivity contribution in [3.63, 3.8) is 0 Å². The van der Waals surface area contributed by atoms with Gasteiger partial charge in [0, 0.05) is 12.2 Å². The van der Waals surface area contributed by atoms with E-state index in [0.29, 0.717) is 6.42 Å². The largest absolute Gasteiger partial charge is 1.00 e. The molecule has 0 rings (SSSR count). The third-order valence-electron chi connectivity index (χ3n) is 1.75. The van der Waals surface area contributed by atoms with Crippen molar-refractivity contribution in [3.8, 4) is 0 Å². The summed E-state index contributed by atoms with van der Waals surface area (Å²) in [6, 6.07) is 0. The average Bonchev–Trinajstić information content (AvgIpc) is 2.11. The molecular formula is C9H22NNaO5S. The van der Waals surface area contributed by atoms with Crippen molar-refractivity contribution in [1.82, 2.24) is 6.15 Å². The van der Waals surface area contributed by atoms with Crippen LogP contribution >= 0.6 is 0 Å². The maximum absolute atomic E-state index is 10.2. The normalized spacial score (nSPS) is 9.06. The van der Waals surface area contributed by atoms with Crippen LogP contribution in [0.2, 0.25) is 0 Å². The summed E-state index contributed by atoms with van der Waals surface area (Å²) in [5.41, 5.74) is 0. The standard InChI is InChI=1S/C8H18O3S.CH2O2.H3N.Na/c1-2-3-4-5-6-7-8-12(9,10)11;2-1-3;;/h2-8H2,1H3,(H,9,10,11);1H,(H,2,3);1H3;/q;;;+1/p-1. The van der Waals surface area contributed by atoms with Gasteiger partial charge in [-0.05, 0) is 6.42 Å². The molecule has 0 aromatic rings. The van der Waals surface area contributed by atoms with E-state index in [0.717, 1.165) is 19.3 Å². The second-order valence-corrected chi connectivity index (χ2v) is 4.65. The van der Waals surface area contributed by atoms with Crippen molar-refractivity contribution >= 4 is 16.6 Å². The number of rotatable bonds is 7. The van der Waals surface area contributed by atoms with E-state index in [4.69, 9.17) is 9.90 Å². The summed E-state index contributed by atoms with van der Waals surface area (Å²) in [4.78, 5) is 8.25. The average molecular weight is 279 g/mol. The van der Waals surface area contributed by atoms with E-state index in [1.54, 1.807) is 0 Å². The molecule has 6 nitrogen and oxygen atoms in total. The van der Waals surface area contributed by atoms with Crippen molar-refractivity contribution in [3.05, 3.63) is 0 Å². The number of hydrogen-bond donors (Lipinski definition) is 1. The number of unbranched alkanes of at least 4 members (excludes halogenated alkanes) is 5. The third-order valence-corrected chi connectivity index (χ3v) is 2.54.